The van der Waals surface area contributed by atoms with E-state index in [0.29, 0.717) is 4.90 Å². The van der Waals surface area contributed by atoms with Gasteiger partial charge in [-0.3, -0.25) is 0 Å². The zero-order valence-corrected chi connectivity index (χ0v) is 16.7. The minimum Gasteiger partial charge on any atom is -0.399 e. The van der Waals surface area contributed by atoms with E-state index < -0.39 is 10.7 Å². The maximum absolute atomic E-state index is 10.6. The highest BCUT2D eigenvalue weighted by molar-refractivity contribution is 7.72. The molecule has 0 saturated carbocycles. The Bertz CT molecular complexity index is 918. The summed E-state index contributed by atoms with van der Waals surface area (Å²) in [6.07, 6.45) is 0.770. The first-order chi connectivity index (χ1) is 13.4. The Hall–Kier alpha value is -2.83. The van der Waals surface area contributed by atoms with E-state index in [1.807, 2.05) is 55.5 Å². The maximum atomic E-state index is 10.6. The van der Waals surface area contributed by atoms with Gasteiger partial charge in [0.05, 0.1) is 4.90 Å². The van der Waals surface area contributed by atoms with Gasteiger partial charge in [0.2, 0.25) is 0 Å². The zero-order valence-electron chi connectivity index (χ0n) is 15.8. The number of nitrogen functional groups attached to an aromatic ring is 2. The minimum absolute atomic E-state index is 0.150. The van der Waals surface area contributed by atoms with E-state index in [0.717, 1.165) is 34.5 Å². The molecule has 0 saturated heterocycles. The molecule has 0 fully saturated rings. The Balaban J connectivity index is 0.000000200. The monoisotopic (exact) mass is 398 g/mol. The fourth-order valence-electron chi connectivity index (χ4n) is 2.66. The van der Waals surface area contributed by atoms with E-state index in [1.165, 1.54) is 0 Å². The molecule has 0 radical (unpaired) electrons. The average molecular weight is 399 g/mol. The summed E-state index contributed by atoms with van der Waals surface area (Å²) in [5.41, 5.74) is 16.2. The molecule has 0 aliphatic rings. The standard InChI is InChI=1S/C12H12N2.C10H14O3S/c13-11-5-1-3-9(7-11)10-4-2-6-12(14)8-10;1-8(7-11)6-9-2-4-10(5-3-9)14(12)13/h1-8H,13-14H2;2-5,8,11,14H,6-7H2,1H3. The third kappa shape index (κ3) is 6.72. The first-order valence-corrected chi connectivity index (χ1v) is 10.1. The van der Waals surface area contributed by atoms with Crippen LogP contribution >= 0.6 is 0 Å². The van der Waals surface area contributed by atoms with Crippen LogP contribution in [0.25, 0.3) is 11.1 Å². The van der Waals surface area contributed by atoms with Crippen molar-refractivity contribution in [1.29, 1.82) is 0 Å². The van der Waals surface area contributed by atoms with Crippen LogP contribution in [0.15, 0.2) is 77.7 Å². The molecule has 3 aromatic carbocycles. The molecule has 5 nitrogen and oxygen atoms in total. The molecule has 0 aliphatic heterocycles. The molecule has 0 aliphatic carbocycles. The van der Waals surface area contributed by atoms with Gasteiger partial charge in [0.15, 0.2) is 10.7 Å². The number of hydrogen-bond donors (Lipinski definition) is 4. The summed E-state index contributed by atoms with van der Waals surface area (Å²) in [5.74, 6) is 0.210. The largest absolute Gasteiger partial charge is 0.399 e. The molecule has 3 aromatic rings. The van der Waals surface area contributed by atoms with Crippen molar-refractivity contribution < 1.29 is 13.5 Å². The Labute approximate surface area is 167 Å². The molecule has 6 heteroatoms. The van der Waals surface area contributed by atoms with Crippen molar-refractivity contribution in [3.8, 4) is 11.1 Å². The van der Waals surface area contributed by atoms with Gasteiger partial charge in [-0.05, 0) is 65.4 Å². The molecule has 1 unspecified atom stereocenters. The predicted molar refractivity (Wildman–Crippen MR) is 116 cm³/mol. The molecular formula is C22H26N2O3S. The fraction of sp³-hybridized carbons (Fsp3) is 0.182. The van der Waals surface area contributed by atoms with Crippen LogP contribution in [0, 0.1) is 5.92 Å². The molecule has 148 valence electrons. The summed E-state index contributed by atoms with van der Waals surface area (Å²) in [6, 6.07) is 22.3. The lowest BCUT2D eigenvalue weighted by molar-refractivity contribution is 0.237. The SMILES string of the molecule is CC(CO)Cc1ccc([SH](=O)=O)cc1.Nc1cccc(-c2cccc(N)c2)c1. The fourth-order valence-corrected chi connectivity index (χ4v) is 3.05. The molecule has 0 bridgehead atoms. The molecule has 0 aromatic heterocycles. The van der Waals surface area contributed by atoms with Crippen molar-refractivity contribution in [2.45, 2.75) is 18.2 Å². The van der Waals surface area contributed by atoms with Gasteiger partial charge in [-0.15, -0.1) is 0 Å². The molecule has 1 atom stereocenters. The summed E-state index contributed by atoms with van der Waals surface area (Å²) in [7, 11) is -2.48. The normalized spacial score (nSPS) is 11.5. The third-order valence-corrected chi connectivity index (χ3v) is 4.87. The van der Waals surface area contributed by atoms with E-state index in [-0.39, 0.29) is 12.5 Å². The van der Waals surface area contributed by atoms with Crippen LogP contribution in [0.3, 0.4) is 0 Å². The summed E-state index contributed by atoms with van der Waals surface area (Å²) < 4.78 is 21.2. The molecule has 28 heavy (non-hydrogen) atoms. The number of aliphatic hydroxyl groups is 1. The number of thiol groups is 1. The smallest absolute Gasteiger partial charge is 0.168 e. The van der Waals surface area contributed by atoms with Crippen molar-refractivity contribution in [3.63, 3.8) is 0 Å². The molecular weight excluding hydrogens is 372 g/mol. The second-order valence-corrected chi connectivity index (χ2v) is 7.70. The van der Waals surface area contributed by atoms with Crippen molar-refractivity contribution >= 4 is 22.1 Å². The van der Waals surface area contributed by atoms with Gasteiger partial charge >= 0.3 is 0 Å². The van der Waals surface area contributed by atoms with Crippen LogP contribution in [0.2, 0.25) is 0 Å². The van der Waals surface area contributed by atoms with E-state index >= 15 is 0 Å². The number of benzene rings is 3. The highest BCUT2D eigenvalue weighted by Gasteiger charge is 2.02. The second-order valence-electron chi connectivity index (χ2n) is 6.67. The minimum atomic E-state index is -2.48. The van der Waals surface area contributed by atoms with Crippen LogP contribution in [-0.2, 0) is 17.1 Å². The van der Waals surface area contributed by atoms with E-state index in [1.54, 1.807) is 24.3 Å². The summed E-state index contributed by atoms with van der Waals surface area (Å²) in [5, 5.41) is 8.84. The predicted octanol–water partition coefficient (Wildman–Crippen LogP) is 3.35. The summed E-state index contributed by atoms with van der Waals surface area (Å²) in [4.78, 5) is 0.334. The topological polar surface area (TPSA) is 106 Å². The molecule has 0 heterocycles. The second kappa shape index (κ2) is 10.5. The Kier molecular flexibility index (Phi) is 8.04. The molecule has 3 rings (SSSR count). The summed E-state index contributed by atoms with van der Waals surface area (Å²) >= 11 is 0. The number of nitrogens with two attached hydrogens (primary N) is 2. The number of aliphatic hydroxyl groups excluding tert-OH is 1. The molecule has 0 amide bonds. The van der Waals surface area contributed by atoms with E-state index in [4.69, 9.17) is 16.6 Å². The van der Waals surface area contributed by atoms with Crippen LogP contribution in [-0.4, -0.2) is 20.1 Å². The van der Waals surface area contributed by atoms with Crippen molar-refractivity contribution in [3.05, 3.63) is 78.4 Å². The first-order valence-electron chi connectivity index (χ1n) is 8.94. The van der Waals surface area contributed by atoms with Crippen LogP contribution in [0.4, 0.5) is 11.4 Å². The highest BCUT2D eigenvalue weighted by atomic mass is 32.2. The van der Waals surface area contributed by atoms with Crippen molar-refractivity contribution in [2.24, 2.45) is 5.92 Å². The lowest BCUT2D eigenvalue weighted by Crippen LogP contribution is -2.04. The van der Waals surface area contributed by atoms with E-state index in [2.05, 4.69) is 0 Å². The quantitative estimate of drug-likeness (QED) is 0.390. The molecule has 5 N–H and O–H groups in total. The lowest BCUT2D eigenvalue weighted by Gasteiger charge is -2.07. The van der Waals surface area contributed by atoms with E-state index in [9.17, 15) is 8.42 Å². The highest BCUT2D eigenvalue weighted by Crippen LogP contribution is 2.22. The van der Waals surface area contributed by atoms with Gasteiger partial charge < -0.3 is 16.6 Å². The number of hydrogen-bond acceptors (Lipinski definition) is 5. The lowest BCUT2D eigenvalue weighted by atomic mass is 10.0. The average Bonchev–Trinajstić information content (AvgIpc) is 2.69. The summed E-state index contributed by atoms with van der Waals surface area (Å²) in [6.45, 7) is 2.10. The van der Waals surface area contributed by atoms with Crippen molar-refractivity contribution in [1.82, 2.24) is 0 Å². The third-order valence-electron chi connectivity index (χ3n) is 4.15. The van der Waals surface area contributed by atoms with Gasteiger partial charge in [-0.25, -0.2) is 8.42 Å². The van der Waals surface area contributed by atoms with Crippen LogP contribution < -0.4 is 11.5 Å². The van der Waals surface area contributed by atoms with Gasteiger partial charge in [-0.1, -0.05) is 43.3 Å². The Morgan fingerprint density at radius 2 is 1.36 bits per heavy atom. The van der Waals surface area contributed by atoms with Gasteiger partial charge in [0.25, 0.3) is 0 Å². The van der Waals surface area contributed by atoms with Crippen LogP contribution in [0.5, 0.6) is 0 Å². The Morgan fingerprint density at radius 1 is 0.857 bits per heavy atom. The number of rotatable bonds is 5. The van der Waals surface area contributed by atoms with Gasteiger partial charge in [0, 0.05) is 18.0 Å². The van der Waals surface area contributed by atoms with Crippen molar-refractivity contribution in [2.75, 3.05) is 18.1 Å². The van der Waals surface area contributed by atoms with Gasteiger partial charge in [0.1, 0.15) is 0 Å². The maximum Gasteiger partial charge on any atom is 0.168 e. The Morgan fingerprint density at radius 3 is 1.75 bits per heavy atom. The zero-order chi connectivity index (χ0) is 20.5. The van der Waals surface area contributed by atoms with Gasteiger partial charge in [-0.2, -0.15) is 0 Å². The number of anilines is 2. The van der Waals surface area contributed by atoms with Crippen LogP contribution in [0.1, 0.15) is 12.5 Å². The molecule has 0 spiro atoms. The first kappa shape index (κ1) is 21.5.